The topological polar surface area (TPSA) is 113 Å². The zero-order chi connectivity index (χ0) is 20.2. The number of anilines is 1. The Hall–Kier alpha value is -2.20. The molecule has 1 N–H and O–H groups in total. The molecule has 0 spiro atoms. The molecule has 1 aromatic carbocycles. The van der Waals surface area contributed by atoms with E-state index >= 15 is 0 Å². The Balaban J connectivity index is 2.15. The molecule has 1 aliphatic rings. The predicted octanol–water partition coefficient (Wildman–Crippen LogP) is 1.04. The summed E-state index contributed by atoms with van der Waals surface area (Å²) < 4.78 is 23.4. The highest BCUT2D eigenvalue weighted by Gasteiger charge is 2.25. The fourth-order valence-corrected chi connectivity index (χ4v) is 3.73. The fourth-order valence-electron chi connectivity index (χ4n) is 3.09. The maximum absolute atomic E-state index is 11.9. The van der Waals surface area contributed by atoms with E-state index in [0.29, 0.717) is 31.9 Å². The van der Waals surface area contributed by atoms with E-state index in [1.54, 1.807) is 0 Å². The van der Waals surface area contributed by atoms with Gasteiger partial charge in [-0.15, -0.1) is 0 Å². The second-order valence-corrected chi connectivity index (χ2v) is 9.03. The number of nitro benzene ring substituents is 1. The maximum atomic E-state index is 11.9. The van der Waals surface area contributed by atoms with E-state index in [4.69, 9.17) is 0 Å². The molecule has 10 heteroatoms. The molecule has 150 valence electrons. The molecule has 1 amide bonds. The number of amides is 1. The Morgan fingerprint density at radius 3 is 2.56 bits per heavy atom. The van der Waals surface area contributed by atoms with Crippen molar-refractivity contribution >= 4 is 27.1 Å². The molecule has 27 heavy (non-hydrogen) atoms. The molecule has 0 bridgehead atoms. The summed E-state index contributed by atoms with van der Waals surface area (Å²) in [5.41, 5.74) is 0.185. The van der Waals surface area contributed by atoms with Crippen molar-refractivity contribution in [1.29, 1.82) is 0 Å². The fraction of sp³-hybridized carbons (Fsp3) is 0.588. The van der Waals surface area contributed by atoms with Gasteiger partial charge < -0.3 is 10.2 Å². The van der Waals surface area contributed by atoms with E-state index in [0.717, 1.165) is 25.3 Å². The van der Waals surface area contributed by atoms with Gasteiger partial charge in [0.15, 0.2) is 9.84 Å². The van der Waals surface area contributed by atoms with E-state index in [-0.39, 0.29) is 22.5 Å². The SMILES string of the molecule is CC(C)NC(=O)CN1CCCN(c2ccc(S(C)(=O)=O)cc2[N+](=O)[O-])CC1. The minimum Gasteiger partial charge on any atom is -0.365 e. The van der Waals surface area contributed by atoms with Crippen molar-refractivity contribution < 1.29 is 18.1 Å². The number of hydrogen-bond acceptors (Lipinski definition) is 7. The van der Waals surface area contributed by atoms with Crippen LogP contribution in [0, 0.1) is 10.1 Å². The van der Waals surface area contributed by atoms with Gasteiger partial charge in [0.2, 0.25) is 5.91 Å². The molecule has 0 atom stereocenters. The van der Waals surface area contributed by atoms with Crippen LogP contribution in [0.3, 0.4) is 0 Å². The molecule has 9 nitrogen and oxygen atoms in total. The lowest BCUT2D eigenvalue weighted by Crippen LogP contribution is -2.41. The number of hydrogen-bond donors (Lipinski definition) is 1. The van der Waals surface area contributed by atoms with Gasteiger partial charge in [0.25, 0.3) is 5.69 Å². The van der Waals surface area contributed by atoms with Gasteiger partial charge in [0.1, 0.15) is 5.69 Å². The van der Waals surface area contributed by atoms with Crippen molar-refractivity contribution in [2.24, 2.45) is 0 Å². The van der Waals surface area contributed by atoms with E-state index in [1.165, 1.54) is 12.1 Å². The summed E-state index contributed by atoms with van der Waals surface area (Å²) in [6, 6.07) is 4.09. The van der Waals surface area contributed by atoms with Crippen LogP contribution < -0.4 is 10.2 Å². The average Bonchev–Trinajstić information content (AvgIpc) is 2.78. The zero-order valence-electron chi connectivity index (χ0n) is 15.8. The van der Waals surface area contributed by atoms with Crippen molar-refractivity contribution in [2.75, 3.05) is 43.9 Å². The van der Waals surface area contributed by atoms with Gasteiger partial charge in [-0.25, -0.2) is 8.42 Å². The van der Waals surface area contributed by atoms with E-state index in [1.807, 2.05) is 23.6 Å². The van der Waals surface area contributed by atoms with Crippen LogP contribution in [0.5, 0.6) is 0 Å². The van der Waals surface area contributed by atoms with Gasteiger partial charge in [-0.05, 0) is 32.4 Å². The first-order valence-electron chi connectivity index (χ1n) is 8.83. The number of sulfone groups is 1. The third kappa shape index (κ3) is 5.90. The summed E-state index contributed by atoms with van der Waals surface area (Å²) in [7, 11) is -3.52. The third-order valence-corrected chi connectivity index (χ3v) is 5.43. The van der Waals surface area contributed by atoms with Crippen LogP contribution in [0.4, 0.5) is 11.4 Å². The number of benzene rings is 1. The van der Waals surface area contributed by atoms with Crippen molar-refractivity contribution in [3.63, 3.8) is 0 Å². The van der Waals surface area contributed by atoms with Crippen molar-refractivity contribution in [1.82, 2.24) is 10.2 Å². The van der Waals surface area contributed by atoms with Crippen molar-refractivity contribution in [2.45, 2.75) is 31.2 Å². The molecule has 0 radical (unpaired) electrons. The lowest BCUT2D eigenvalue weighted by molar-refractivity contribution is -0.384. The summed E-state index contributed by atoms with van der Waals surface area (Å²) >= 11 is 0. The van der Waals surface area contributed by atoms with Crippen molar-refractivity contribution in [3.8, 4) is 0 Å². The molecule has 0 aliphatic carbocycles. The minimum absolute atomic E-state index is 0.0399. The first-order chi connectivity index (χ1) is 12.6. The largest absolute Gasteiger partial charge is 0.365 e. The lowest BCUT2D eigenvalue weighted by Gasteiger charge is -2.23. The zero-order valence-corrected chi connectivity index (χ0v) is 16.7. The maximum Gasteiger partial charge on any atom is 0.293 e. The number of rotatable bonds is 6. The van der Waals surface area contributed by atoms with Gasteiger partial charge in [0.05, 0.1) is 16.4 Å². The molecule has 1 heterocycles. The van der Waals surface area contributed by atoms with Gasteiger partial charge in [0, 0.05) is 44.5 Å². The number of nitrogens with one attached hydrogen (secondary N) is 1. The van der Waals surface area contributed by atoms with E-state index in [9.17, 15) is 23.3 Å². The quantitative estimate of drug-likeness (QED) is 0.562. The van der Waals surface area contributed by atoms with E-state index < -0.39 is 14.8 Å². The second-order valence-electron chi connectivity index (χ2n) is 7.02. The van der Waals surface area contributed by atoms with Crippen LogP contribution in [0.15, 0.2) is 23.1 Å². The average molecular weight is 398 g/mol. The Kier molecular flexibility index (Phi) is 6.77. The Morgan fingerprint density at radius 1 is 1.26 bits per heavy atom. The van der Waals surface area contributed by atoms with Gasteiger partial charge in [-0.2, -0.15) is 0 Å². The molecular weight excluding hydrogens is 372 g/mol. The number of nitrogens with zero attached hydrogens (tertiary/aromatic N) is 3. The smallest absolute Gasteiger partial charge is 0.293 e. The van der Waals surface area contributed by atoms with E-state index in [2.05, 4.69) is 5.32 Å². The third-order valence-electron chi connectivity index (χ3n) is 4.32. The Labute approximate surface area is 159 Å². The first-order valence-corrected chi connectivity index (χ1v) is 10.7. The summed E-state index contributed by atoms with van der Waals surface area (Å²) in [5, 5.41) is 14.3. The second kappa shape index (κ2) is 8.66. The standard InChI is InChI=1S/C17H26N4O5S/c1-13(2)18-17(22)12-19-7-4-8-20(10-9-19)15-6-5-14(27(3,25)26)11-16(15)21(23)24/h5-6,11,13H,4,7-10,12H2,1-3H3,(H,18,22). The molecule has 2 rings (SSSR count). The summed E-state index contributed by atoms with van der Waals surface area (Å²) in [6.45, 7) is 6.53. The van der Waals surface area contributed by atoms with Crippen LogP contribution in [-0.2, 0) is 14.6 Å². The molecule has 0 saturated carbocycles. The minimum atomic E-state index is -3.52. The van der Waals surface area contributed by atoms with Crippen molar-refractivity contribution in [3.05, 3.63) is 28.3 Å². The Bertz CT molecular complexity index is 810. The monoisotopic (exact) mass is 398 g/mol. The van der Waals surface area contributed by atoms with Crippen LogP contribution in [0.2, 0.25) is 0 Å². The van der Waals surface area contributed by atoms with Gasteiger partial charge in [-0.3, -0.25) is 19.8 Å². The van der Waals surface area contributed by atoms with Gasteiger partial charge in [-0.1, -0.05) is 0 Å². The number of nitro groups is 1. The number of carbonyl (C=O) groups excluding carboxylic acids is 1. The summed E-state index contributed by atoms with van der Waals surface area (Å²) in [6.07, 6.45) is 1.78. The highest BCUT2D eigenvalue weighted by atomic mass is 32.2. The van der Waals surface area contributed by atoms with Crippen LogP contribution in [0.25, 0.3) is 0 Å². The van der Waals surface area contributed by atoms with Crippen LogP contribution in [0.1, 0.15) is 20.3 Å². The molecular formula is C17H26N4O5S. The molecule has 1 aliphatic heterocycles. The molecule has 1 aromatic rings. The molecule has 0 unspecified atom stereocenters. The highest BCUT2D eigenvalue weighted by molar-refractivity contribution is 7.90. The predicted molar refractivity (Wildman–Crippen MR) is 103 cm³/mol. The summed E-state index contributed by atoms with van der Waals surface area (Å²) in [4.78, 5) is 26.7. The first kappa shape index (κ1) is 21.1. The highest BCUT2D eigenvalue weighted by Crippen LogP contribution is 2.31. The number of carbonyl (C=O) groups is 1. The van der Waals surface area contributed by atoms with Crippen LogP contribution >= 0.6 is 0 Å². The normalized spacial score (nSPS) is 16.2. The van der Waals surface area contributed by atoms with Gasteiger partial charge >= 0.3 is 0 Å². The molecule has 0 aromatic heterocycles. The molecule has 1 saturated heterocycles. The molecule has 1 fully saturated rings. The Morgan fingerprint density at radius 2 is 1.96 bits per heavy atom. The lowest BCUT2D eigenvalue weighted by atomic mass is 10.2. The summed E-state index contributed by atoms with van der Waals surface area (Å²) in [5.74, 6) is -0.0399. The van der Waals surface area contributed by atoms with Crippen LogP contribution in [-0.4, -0.2) is 69.2 Å².